The van der Waals surface area contributed by atoms with Crippen molar-refractivity contribution in [3.63, 3.8) is 0 Å². The van der Waals surface area contributed by atoms with Gasteiger partial charge in [0.15, 0.2) is 17.8 Å². The van der Waals surface area contributed by atoms with E-state index in [2.05, 4.69) is 44.7 Å². The predicted octanol–water partition coefficient (Wildman–Crippen LogP) is 5.56. The molecule has 4 heterocycles. The van der Waals surface area contributed by atoms with Crippen LogP contribution < -0.4 is 10.6 Å². The minimum Gasteiger partial charge on any atom is -0.372 e. The quantitative estimate of drug-likeness (QED) is 0.283. The number of alkyl halides is 1. The van der Waals surface area contributed by atoms with Crippen LogP contribution in [0.2, 0.25) is 0 Å². The highest BCUT2D eigenvalue weighted by atomic mass is 19.1. The Morgan fingerprint density at radius 3 is 2.27 bits per heavy atom. The van der Waals surface area contributed by atoms with Crippen molar-refractivity contribution in [3.05, 3.63) is 65.6 Å². The van der Waals surface area contributed by atoms with Crippen molar-refractivity contribution in [2.75, 3.05) is 31.6 Å². The molecule has 0 spiro atoms. The van der Waals surface area contributed by atoms with Gasteiger partial charge in [-0.3, -0.25) is 9.59 Å². The summed E-state index contributed by atoms with van der Waals surface area (Å²) in [6, 6.07) is 7.91. The summed E-state index contributed by atoms with van der Waals surface area (Å²) in [7, 11) is 2.19. The fraction of sp³-hybridized carbons (Fsp3) is 0.438. The maximum atomic E-state index is 15.1. The first-order valence-corrected chi connectivity index (χ1v) is 14.8. The van der Waals surface area contributed by atoms with E-state index in [1.54, 1.807) is 6.07 Å². The van der Waals surface area contributed by atoms with E-state index in [-0.39, 0.29) is 29.2 Å². The number of benzene rings is 2. The molecule has 1 amide bonds. The molecule has 0 radical (unpaired) electrons. The molecule has 1 unspecified atom stereocenters. The van der Waals surface area contributed by atoms with Gasteiger partial charge in [-0.25, -0.2) is 23.1 Å². The molecule has 2 N–H and O–H groups in total. The van der Waals surface area contributed by atoms with Crippen molar-refractivity contribution >= 4 is 29.4 Å². The number of nitrogens with zero attached hydrogens (tertiary/aromatic N) is 6. The van der Waals surface area contributed by atoms with Crippen LogP contribution in [0.3, 0.4) is 0 Å². The molecule has 4 aromatic rings. The fourth-order valence-corrected chi connectivity index (χ4v) is 5.45. The number of fused-ring (bicyclic) bond motifs is 1. The van der Waals surface area contributed by atoms with Crippen LogP contribution in [0.25, 0.3) is 22.0 Å². The van der Waals surface area contributed by atoms with E-state index >= 15 is 4.39 Å². The zero-order valence-corrected chi connectivity index (χ0v) is 25.8. The van der Waals surface area contributed by atoms with E-state index in [1.807, 2.05) is 4.90 Å². The monoisotopic (exact) mass is 625 g/mol. The van der Waals surface area contributed by atoms with Crippen LogP contribution >= 0.6 is 0 Å². The Hall–Kier alpha value is -4.39. The number of rotatable bonds is 5. The molecule has 2 aliphatic rings. The zero-order valence-electron chi connectivity index (χ0n) is 25.8. The molecule has 0 aliphatic carbocycles. The number of anilines is 1. The van der Waals surface area contributed by atoms with Gasteiger partial charge in [0.25, 0.3) is 5.89 Å². The van der Waals surface area contributed by atoms with Gasteiger partial charge >= 0.3 is 0 Å². The molecule has 2 aliphatic heterocycles. The predicted molar refractivity (Wildman–Crippen MR) is 164 cm³/mol. The van der Waals surface area contributed by atoms with Gasteiger partial charge in [0, 0.05) is 30.6 Å². The third kappa shape index (κ3) is 7.83. The van der Waals surface area contributed by atoms with Crippen molar-refractivity contribution in [3.8, 4) is 11.1 Å². The highest BCUT2D eigenvalue weighted by molar-refractivity contribution is 6.00. The molecule has 13 heteroatoms. The number of aldehydes is 1. The number of primary amides is 1. The van der Waals surface area contributed by atoms with E-state index < -0.39 is 17.3 Å². The number of nitrogens with two attached hydrogens (primary N) is 1. The van der Waals surface area contributed by atoms with Gasteiger partial charge in [0.2, 0.25) is 6.41 Å². The first kappa shape index (κ1) is 33.5. The summed E-state index contributed by atoms with van der Waals surface area (Å²) in [5, 5.41) is 4.19. The first-order chi connectivity index (χ1) is 21.5. The van der Waals surface area contributed by atoms with E-state index in [0.29, 0.717) is 60.5 Å². The fourth-order valence-electron chi connectivity index (χ4n) is 5.45. The van der Waals surface area contributed by atoms with Crippen molar-refractivity contribution in [2.45, 2.75) is 64.1 Å². The maximum Gasteiger partial charge on any atom is 0.263 e. The number of amides is 1. The largest absolute Gasteiger partial charge is 0.372 e. The van der Waals surface area contributed by atoms with Crippen LogP contribution in [-0.2, 0) is 10.5 Å². The molecule has 6 rings (SSSR count). The summed E-state index contributed by atoms with van der Waals surface area (Å²) in [6.07, 6.45) is 6.15. The molecular weight excluding hydrogens is 587 g/mol. The van der Waals surface area contributed by atoms with Crippen LogP contribution in [0, 0.1) is 11.6 Å². The number of halogens is 3. The van der Waals surface area contributed by atoms with Crippen molar-refractivity contribution in [1.29, 1.82) is 0 Å². The van der Waals surface area contributed by atoms with Gasteiger partial charge in [-0.05, 0) is 89.9 Å². The summed E-state index contributed by atoms with van der Waals surface area (Å²) in [5.41, 5.74) is 3.76. The molecule has 0 saturated carbocycles. The highest BCUT2D eigenvalue weighted by Gasteiger charge is 2.31. The first-order valence-electron chi connectivity index (χ1n) is 14.8. The molecule has 2 aromatic heterocycles. The van der Waals surface area contributed by atoms with E-state index in [1.165, 1.54) is 63.8 Å². The second kappa shape index (κ2) is 14.6. The number of likely N-dealkylation sites (tertiary alicyclic amines) is 1. The number of hydrogen-bond acceptors (Lipinski definition) is 9. The second-order valence-corrected chi connectivity index (χ2v) is 11.7. The molecule has 2 fully saturated rings. The van der Waals surface area contributed by atoms with Gasteiger partial charge in [-0.2, -0.15) is 4.98 Å². The Labute approximate surface area is 259 Å². The lowest BCUT2D eigenvalue weighted by atomic mass is 9.95. The van der Waals surface area contributed by atoms with E-state index in [4.69, 9.17) is 9.32 Å². The molecule has 1 atom stereocenters. The minimum absolute atomic E-state index is 0.0149. The van der Waals surface area contributed by atoms with Gasteiger partial charge in [-0.1, -0.05) is 11.2 Å². The van der Waals surface area contributed by atoms with Crippen LogP contribution in [0.5, 0.6) is 0 Å². The summed E-state index contributed by atoms with van der Waals surface area (Å²) >= 11 is 0. The third-order valence-corrected chi connectivity index (χ3v) is 8.15. The standard InChI is InChI=1S/C25H22F3N5O2.C6H13N.CH3NO/c1-25(2,28)24-31-22(32-35-24)14-7-9-33(10-8-14)23-20-18(26)6-5-17(21(20)29-13-30-23)15-3-4-16(12-34)19(27)11-15;1-6-4-3-5-7(6)2;2-1-3/h3-6,11-14H,7-10H2,1-2H3;6H,3-5H2,1-2H3;1H,(H2,2,3). The number of carbonyl (C=O) groups is 2. The van der Waals surface area contributed by atoms with Crippen molar-refractivity contribution < 1.29 is 27.3 Å². The molecule has 0 bridgehead atoms. The Morgan fingerprint density at radius 1 is 1.02 bits per heavy atom. The van der Waals surface area contributed by atoms with Gasteiger partial charge in [0.05, 0.1) is 16.5 Å². The van der Waals surface area contributed by atoms with Crippen LogP contribution in [0.4, 0.5) is 19.0 Å². The lowest BCUT2D eigenvalue weighted by Crippen LogP contribution is -2.34. The van der Waals surface area contributed by atoms with Gasteiger partial charge in [-0.15, -0.1) is 0 Å². The normalized spacial score (nSPS) is 17.3. The van der Waals surface area contributed by atoms with Crippen molar-refractivity contribution in [1.82, 2.24) is 25.0 Å². The van der Waals surface area contributed by atoms with E-state index in [0.717, 1.165) is 6.04 Å². The summed E-state index contributed by atoms with van der Waals surface area (Å²) in [4.78, 5) is 36.8. The van der Waals surface area contributed by atoms with Gasteiger partial charge < -0.3 is 20.1 Å². The number of piperidine rings is 1. The van der Waals surface area contributed by atoms with Crippen LogP contribution in [-0.4, -0.2) is 70.4 Å². The van der Waals surface area contributed by atoms with Gasteiger partial charge in [0.1, 0.15) is 23.8 Å². The van der Waals surface area contributed by atoms with Crippen LogP contribution in [0.15, 0.2) is 41.2 Å². The Kier molecular flexibility index (Phi) is 10.9. The zero-order chi connectivity index (χ0) is 32.7. The lowest BCUT2D eigenvalue weighted by Gasteiger charge is -2.32. The van der Waals surface area contributed by atoms with Crippen LogP contribution in [0.1, 0.15) is 74.4 Å². The third-order valence-electron chi connectivity index (χ3n) is 8.15. The second-order valence-electron chi connectivity index (χ2n) is 11.7. The Balaban J connectivity index is 0.000000397. The summed E-state index contributed by atoms with van der Waals surface area (Å²) in [6.45, 7) is 7.41. The molecular formula is C32H38F3N7O3. The molecule has 2 aromatic carbocycles. The highest BCUT2D eigenvalue weighted by Crippen LogP contribution is 2.36. The number of hydrogen-bond donors (Lipinski definition) is 1. The van der Waals surface area contributed by atoms with Crippen molar-refractivity contribution in [2.24, 2.45) is 5.73 Å². The molecule has 45 heavy (non-hydrogen) atoms. The molecule has 2 saturated heterocycles. The molecule has 240 valence electrons. The Morgan fingerprint density at radius 2 is 1.73 bits per heavy atom. The summed E-state index contributed by atoms with van der Waals surface area (Å²) < 4.78 is 48.5. The smallest absolute Gasteiger partial charge is 0.263 e. The topological polar surface area (TPSA) is 131 Å². The lowest BCUT2D eigenvalue weighted by molar-refractivity contribution is -0.106. The average molecular weight is 626 g/mol. The summed E-state index contributed by atoms with van der Waals surface area (Å²) in [5.74, 6) is -0.307. The maximum absolute atomic E-state index is 15.1. The minimum atomic E-state index is -1.71. The SMILES string of the molecule is CC(C)(F)c1nc(C2CCN(c3ncnc4c(-c5ccc(C=O)c(F)c5)ccc(F)c34)CC2)no1.CC1CCCN1C.NC=O. The molecule has 10 nitrogen and oxygen atoms in total. The van der Waals surface area contributed by atoms with E-state index in [9.17, 15) is 13.6 Å². The Bertz CT molecular complexity index is 1610. The number of carbonyl (C=O) groups excluding carboxylic acids is 2. The number of aromatic nitrogens is 4. The average Bonchev–Trinajstić information content (AvgIpc) is 3.67.